The molecule has 0 aliphatic rings. The molecular formula is C14H19NO2. The Balaban J connectivity index is 2.83. The van der Waals surface area contributed by atoms with E-state index in [1.165, 1.54) is 7.11 Å². The number of nitrogens with one attached hydrogen (secondary N) is 1. The maximum absolute atomic E-state index is 11.8. The summed E-state index contributed by atoms with van der Waals surface area (Å²) in [6.07, 6.45) is 2.32. The monoisotopic (exact) mass is 233 g/mol. The van der Waals surface area contributed by atoms with Gasteiger partial charge in [-0.05, 0) is 12.5 Å². The number of esters is 1. The summed E-state index contributed by atoms with van der Waals surface area (Å²) in [5, 5.41) is 3.15. The summed E-state index contributed by atoms with van der Waals surface area (Å²) in [7, 11) is 1.40. The molecule has 3 heteroatoms. The minimum Gasteiger partial charge on any atom is -0.468 e. The fourth-order valence-electron chi connectivity index (χ4n) is 1.73. The van der Waals surface area contributed by atoms with E-state index in [4.69, 9.17) is 4.74 Å². The van der Waals surface area contributed by atoms with E-state index in [0.29, 0.717) is 13.0 Å². The quantitative estimate of drug-likeness (QED) is 0.603. The number of carbonyl (C=O) groups is 1. The van der Waals surface area contributed by atoms with E-state index in [2.05, 4.69) is 11.9 Å². The van der Waals surface area contributed by atoms with Crippen molar-refractivity contribution in [1.29, 1.82) is 0 Å². The summed E-state index contributed by atoms with van der Waals surface area (Å²) in [6, 6.07) is 9.87. The number of hydrogen-bond donors (Lipinski definition) is 1. The first-order valence-electron chi connectivity index (χ1n) is 5.60. The Kier molecular flexibility index (Phi) is 4.91. The fraction of sp³-hybridized carbons (Fsp3) is 0.357. The molecule has 0 saturated carbocycles. The molecule has 0 aliphatic carbocycles. The van der Waals surface area contributed by atoms with Crippen LogP contribution in [-0.4, -0.2) is 25.2 Å². The highest BCUT2D eigenvalue weighted by Crippen LogP contribution is 2.14. The number of ether oxygens (including phenoxy) is 1. The predicted molar refractivity (Wildman–Crippen MR) is 68.8 cm³/mol. The standard InChI is InChI=1S/C14H19NO2/c1-4-10-15-14(2,13(16)17-3)11-12-8-6-5-7-9-12/h4-9,15H,1,10-11H2,2-3H3. The van der Waals surface area contributed by atoms with Gasteiger partial charge in [-0.1, -0.05) is 36.4 Å². The summed E-state index contributed by atoms with van der Waals surface area (Å²) < 4.78 is 4.85. The van der Waals surface area contributed by atoms with Crippen LogP contribution in [0.2, 0.25) is 0 Å². The van der Waals surface area contributed by atoms with Crippen LogP contribution in [0.25, 0.3) is 0 Å². The second-order valence-corrected chi connectivity index (χ2v) is 4.16. The Bertz CT molecular complexity index is 375. The number of rotatable bonds is 6. The van der Waals surface area contributed by atoms with Crippen LogP contribution in [0.5, 0.6) is 0 Å². The van der Waals surface area contributed by atoms with Crippen LogP contribution in [0.3, 0.4) is 0 Å². The lowest BCUT2D eigenvalue weighted by Crippen LogP contribution is -2.52. The molecule has 0 heterocycles. The molecule has 0 amide bonds. The lowest BCUT2D eigenvalue weighted by molar-refractivity contribution is -0.147. The van der Waals surface area contributed by atoms with Gasteiger partial charge in [-0.3, -0.25) is 10.1 Å². The van der Waals surface area contributed by atoms with Crippen LogP contribution in [0.4, 0.5) is 0 Å². The van der Waals surface area contributed by atoms with Crippen LogP contribution < -0.4 is 5.32 Å². The molecule has 1 N–H and O–H groups in total. The highest BCUT2D eigenvalue weighted by molar-refractivity contribution is 5.80. The first-order valence-corrected chi connectivity index (χ1v) is 5.60. The van der Waals surface area contributed by atoms with Crippen molar-refractivity contribution in [3.8, 4) is 0 Å². The fourth-order valence-corrected chi connectivity index (χ4v) is 1.73. The number of benzene rings is 1. The Morgan fingerprint density at radius 2 is 2.12 bits per heavy atom. The van der Waals surface area contributed by atoms with E-state index < -0.39 is 5.54 Å². The molecule has 17 heavy (non-hydrogen) atoms. The summed E-state index contributed by atoms with van der Waals surface area (Å²) >= 11 is 0. The largest absolute Gasteiger partial charge is 0.468 e. The van der Waals surface area contributed by atoms with Crippen molar-refractivity contribution in [2.75, 3.05) is 13.7 Å². The minimum absolute atomic E-state index is 0.261. The number of hydrogen-bond acceptors (Lipinski definition) is 3. The third-order valence-corrected chi connectivity index (χ3v) is 2.67. The van der Waals surface area contributed by atoms with E-state index >= 15 is 0 Å². The van der Waals surface area contributed by atoms with Gasteiger partial charge in [0.05, 0.1) is 7.11 Å². The molecule has 92 valence electrons. The van der Waals surface area contributed by atoms with Crippen molar-refractivity contribution in [3.05, 3.63) is 48.6 Å². The molecule has 0 fully saturated rings. The van der Waals surface area contributed by atoms with Gasteiger partial charge in [0.15, 0.2) is 0 Å². The Hall–Kier alpha value is -1.61. The summed E-state index contributed by atoms with van der Waals surface area (Å²) in [5.41, 5.74) is 0.376. The van der Waals surface area contributed by atoms with Gasteiger partial charge in [-0.15, -0.1) is 6.58 Å². The Labute approximate surface area is 102 Å². The molecule has 0 saturated heterocycles. The summed E-state index contributed by atoms with van der Waals surface area (Å²) in [5.74, 6) is -0.261. The normalized spacial score (nSPS) is 13.8. The van der Waals surface area contributed by atoms with Gasteiger partial charge in [-0.2, -0.15) is 0 Å². The van der Waals surface area contributed by atoms with Crippen LogP contribution in [0, 0.1) is 0 Å². The molecule has 1 rings (SSSR count). The molecule has 0 aliphatic heterocycles. The first kappa shape index (κ1) is 13.5. The van der Waals surface area contributed by atoms with Crippen molar-refractivity contribution in [1.82, 2.24) is 5.32 Å². The Morgan fingerprint density at radius 1 is 1.47 bits per heavy atom. The molecule has 0 spiro atoms. The van der Waals surface area contributed by atoms with Crippen molar-refractivity contribution in [3.63, 3.8) is 0 Å². The molecule has 0 radical (unpaired) electrons. The smallest absolute Gasteiger partial charge is 0.326 e. The van der Waals surface area contributed by atoms with Crippen LogP contribution in [0.1, 0.15) is 12.5 Å². The van der Waals surface area contributed by atoms with E-state index in [9.17, 15) is 4.79 Å². The lowest BCUT2D eigenvalue weighted by Gasteiger charge is -2.27. The zero-order chi connectivity index (χ0) is 12.7. The third kappa shape index (κ3) is 3.71. The molecular weight excluding hydrogens is 214 g/mol. The molecule has 3 nitrogen and oxygen atoms in total. The molecule has 1 aromatic carbocycles. The maximum Gasteiger partial charge on any atom is 0.326 e. The number of carbonyl (C=O) groups excluding carboxylic acids is 1. The second kappa shape index (κ2) is 6.21. The molecule has 0 aromatic heterocycles. The van der Waals surface area contributed by atoms with E-state index in [1.807, 2.05) is 37.3 Å². The predicted octanol–water partition coefficient (Wildman–Crippen LogP) is 1.94. The van der Waals surface area contributed by atoms with Crippen LogP contribution >= 0.6 is 0 Å². The summed E-state index contributed by atoms with van der Waals surface area (Å²) in [4.78, 5) is 11.8. The highest BCUT2D eigenvalue weighted by atomic mass is 16.5. The molecule has 0 bridgehead atoms. The van der Waals surface area contributed by atoms with E-state index in [0.717, 1.165) is 5.56 Å². The minimum atomic E-state index is -0.718. The number of methoxy groups -OCH3 is 1. The van der Waals surface area contributed by atoms with Crippen molar-refractivity contribution in [2.24, 2.45) is 0 Å². The van der Waals surface area contributed by atoms with Crippen LogP contribution in [-0.2, 0) is 16.0 Å². The van der Waals surface area contributed by atoms with Gasteiger partial charge in [0.2, 0.25) is 0 Å². The first-order chi connectivity index (χ1) is 8.12. The molecule has 1 aromatic rings. The van der Waals surface area contributed by atoms with Gasteiger partial charge in [0.25, 0.3) is 0 Å². The summed E-state index contributed by atoms with van der Waals surface area (Å²) in [6.45, 7) is 6.05. The van der Waals surface area contributed by atoms with Gasteiger partial charge in [0.1, 0.15) is 5.54 Å². The van der Waals surface area contributed by atoms with Gasteiger partial charge in [0, 0.05) is 13.0 Å². The molecule has 1 atom stereocenters. The average Bonchev–Trinajstić information content (AvgIpc) is 2.36. The maximum atomic E-state index is 11.8. The van der Waals surface area contributed by atoms with Gasteiger partial charge < -0.3 is 4.74 Å². The zero-order valence-corrected chi connectivity index (χ0v) is 10.4. The van der Waals surface area contributed by atoms with Crippen molar-refractivity contribution in [2.45, 2.75) is 18.9 Å². The van der Waals surface area contributed by atoms with Crippen molar-refractivity contribution >= 4 is 5.97 Å². The SMILES string of the molecule is C=CCNC(C)(Cc1ccccc1)C(=O)OC. The van der Waals surface area contributed by atoms with E-state index in [1.54, 1.807) is 6.08 Å². The zero-order valence-electron chi connectivity index (χ0n) is 10.4. The second-order valence-electron chi connectivity index (χ2n) is 4.16. The van der Waals surface area contributed by atoms with Gasteiger partial charge in [-0.25, -0.2) is 0 Å². The topological polar surface area (TPSA) is 38.3 Å². The molecule has 1 unspecified atom stereocenters. The average molecular weight is 233 g/mol. The van der Waals surface area contributed by atoms with Crippen LogP contribution in [0.15, 0.2) is 43.0 Å². The third-order valence-electron chi connectivity index (χ3n) is 2.67. The van der Waals surface area contributed by atoms with E-state index in [-0.39, 0.29) is 5.97 Å². The highest BCUT2D eigenvalue weighted by Gasteiger charge is 2.33. The van der Waals surface area contributed by atoms with Gasteiger partial charge >= 0.3 is 5.97 Å². The van der Waals surface area contributed by atoms with Crippen molar-refractivity contribution < 1.29 is 9.53 Å². The Morgan fingerprint density at radius 3 is 2.65 bits per heavy atom. The lowest BCUT2D eigenvalue weighted by atomic mass is 9.92.